The number of hydrogen-bond donors (Lipinski definition) is 4. The minimum atomic E-state index is -0.566. The van der Waals surface area contributed by atoms with Crippen LogP contribution in [0.25, 0.3) is 0 Å². The lowest BCUT2D eigenvalue weighted by atomic mass is 10.0. The van der Waals surface area contributed by atoms with E-state index >= 15 is 0 Å². The molecule has 0 aromatic carbocycles. The first-order chi connectivity index (χ1) is 22.2. The topological polar surface area (TPSA) is 142 Å². The van der Waals surface area contributed by atoms with Crippen LogP contribution in [0.4, 0.5) is 0 Å². The van der Waals surface area contributed by atoms with Crippen molar-refractivity contribution in [2.24, 2.45) is 11.8 Å². The van der Waals surface area contributed by atoms with Crippen LogP contribution < -0.4 is 21.3 Å². The van der Waals surface area contributed by atoms with Crippen molar-refractivity contribution in [3.05, 3.63) is 60.2 Å². The quantitative estimate of drug-likeness (QED) is 0.117. The van der Waals surface area contributed by atoms with Gasteiger partial charge in [0, 0.05) is 49.0 Å². The number of amides is 4. The number of carbonyl (C=O) groups is 4. The Morgan fingerprint density at radius 2 is 0.783 bits per heavy atom. The summed E-state index contributed by atoms with van der Waals surface area (Å²) in [5.41, 5.74) is 0.989. The summed E-state index contributed by atoms with van der Waals surface area (Å²) in [5, 5.41) is 11.7. The third-order valence-electron chi connectivity index (χ3n) is 8.06. The highest BCUT2D eigenvalue weighted by molar-refractivity contribution is 5.98. The number of nitrogens with one attached hydrogen (secondary N) is 4. The molecule has 0 radical (unpaired) electrons. The van der Waals surface area contributed by atoms with Crippen LogP contribution in [0.2, 0.25) is 0 Å². The van der Waals surface area contributed by atoms with Crippen LogP contribution >= 0.6 is 0 Å². The molecule has 254 valence electrons. The van der Waals surface area contributed by atoms with Gasteiger partial charge in [-0.15, -0.1) is 0 Å². The van der Waals surface area contributed by atoms with Crippen molar-refractivity contribution < 1.29 is 19.2 Å². The first-order valence-electron chi connectivity index (χ1n) is 17.2. The van der Waals surface area contributed by atoms with Crippen LogP contribution in [0.3, 0.4) is 0 Å². The molecule has 2 aromatic rings. The normalized spacial score (nSPS) is 12.4. The minimum Gasteiger partial charge on any atom is -0.354 e. The van der Waals surface area contributed by atoms with E-state index in [4.69, 9.17) is 0 Å². The van der Waals surface area contributed by atoms with Gasteiger partial charge in [-0.05, 0) is 48.9 Å². The molecule has 0 aliphatic rings. The number of pyridine rings is 2. The predicted molar refractivity (Wildman–Crippen MR) is 182 cm³/mol. The van der Waals surface area contributed by atoms with Crippen LogP contribution in [0.1, 0.15) is 125 Å². The molecule has 0 saturated heterocycles. The lowest BCUT2D eigenvalue weighted by Gasteiger charge is -2.21. The molecule has 0 bridgehead atoms. The van der Waals surface area contributed by atoms with Crippen molar-refractivity contribution in [3.63, 3.8) is 0 Å². The van der Waals surface area contributed by atoms with E-state index in [1.807, 2.05) is 27.7 Å². The van der Waals surface area contributed by atoms with E-state index in [0.29, 0.717) is 24.2 Å². The van der Waals surface area contributed by atoms with E-state index < -0.39 is 12.1 Å². The maximum absolute atomic E-state index is 12.7. The summed E-state index contributed by atoms with van der Waals surface area (Å²) in [6, 6.07) is 5.41. The lowest BCUT2D eigenvalue weighted by Crippen LogP contribution is -2.49. The van der Waals surface area contributed by atoms with Crippen LogP contribution in [0.15, 0.2) is 49.1 Å². The van der Waals surface area contributed by atoms with Gasteiger partial charge in [-0.25, -0.2) is 0 Å². The average molecular weight is 637 g/mol. The smallest absolute Gasteiger partial charge is 0.252 e. The zero-order chi connectivity index (χ0) is 33.6. The molecule has 2 aromatic heterocycles. The van der Waals surface area contributed by atoms with Gasteiger partial charge < -0.3 is 21.3 Å². The molecule has 2 atom stereocenters. The van der Waals surface area contributed by atoms with Crippen LogP contribution in [0, 0.1) is 11.8 Å². The molecule has 10 nitrogen and oxygen atoms in total. The van der Waals surface area contributed by atoms with Crippen LogP contribution in [-0.4, -0.2) is 58.8 Å². The van der Waals surface area contributed by atoms with Gasteiger partial charge in [-0.2, -0.15) is 0 Å². The fourth-order valence-electron chi connectivity index (χ4n) is 5.19. The fourth-order valence-corrected chi connectivity index (χ4v) is 5.19. The summed E-state index contributed by atoms with van der Waals surface area (Å²) in [6.45, 7) is 8.96. The highest BCUT2D eigenvalue weighted by Crippen LogP contribution is 2.12. The molecule has 0 spiro atoms. The summed E-state index contributed by atoms with van der Waals surface area (Å²) >= 11 is 0. The Labute approximate surface area is 275 Å². The van der Waals surface area contributed by atoms with Gasteiger partial charge in [-0.1, -0.05) is 91.9 Å². The summed E-state index contributed by atoms with van der Waals surface area (Å²) < 4.78 is 0. The second kappa shape index (κ2) is 22.6. The highest BCUT2D eigenvalue weighted by Gasteiger charge is 2.25. The SMILES string of the molecule is CC(C)[C@H](NC(=O)c1ccncc1)C(=O)NCCCCCCCCCCCCCCNC(=O)[C@@H](NC(=O)c1ccncc1)C(C)C. The number of rotatable bonds is 23. The van der Waals surface area contributed by atoms with E-state index in [1.54, 1.807) is 49.1 Å². The zero-order valence-electron chi connectivity index (χ0n) is 28.4. The van der Waals surface area contributed by atoms with Gasteiger partial charge in [0.2, 0.25) is 11.8 Å². The Bertz CT molecular complexity index is 1070. The van der Waals surface area contributed by atoms with Crippen molar-refractivity contribution in [3.8, 4) is 0 Å². The van der Waals surface area contributed by atoms with Crippen LogP contribution in [-0.2, 0) is 9.59 Å². The van der Waals surface area contributed by atoms with Crippen molar-refractivity contribution in [1.82, 2.24) is 31.2 Å². The number of unbranched alkanes of at least 4 members (excludes halogenated alkanes) is 11. The van der Waals surface area contributed by atoms with E-state index in [0.717, 1.165) is 25.7 Å². The second-order valence-corrected chi connectivity index (χ2v) is 12.7. The van der Waals surface area contributed by atoms with Gasteiger partial charge in [0.15, 0.2) is 0 Å². The molecule has 0 saturated carbocycles. The molecule has 4 N–H and O–H groups in total. The molecule has 4 amide bonds. The Hall–Kier alpha value is -3.82. The predicted octanol–water partition coefficient (Wildman–Crippen LogP) is 5.60. The molecule has 0 aliphatic heterocycles. The molecular formula is C36H56N6O4. The first kappa shape index (κ1) is 38.4. The Kier molecular flexibility index (Phi) is 18.9. The average Bonchev–Trinajstić information content (AvgIpc) is 3.05. The fraction of sp³-hybridized carbons (Fsp3) is 0.611. The molecule has 0 aliphatic carbocycles. The van der Waals surface area contributed by atoms with E-state index in [-0.39, 0.29) is 35.5 Å². The summed E-state index contributed by atoms with van der Waals surface area (Å²) in [7, 11) is 0. The van der Waals surface area contributed by atoms with E-state index in [9.17, 15) is 19.2 Å². The molecule has 2 rings (SSSR count). The van der Waals surface area contributed by atoms with Crippen molar-refractivity contribution in [1.29, 1.82) is 0 Å². The zero-order valence-corrected chi connectivity index (χ0v) is 28.4. The van der Waals surface area contributed by atoms with E-state index in [2.05, 4.69) is 31.2 Å². The molecule has 0 unspecified atom stereocenters. The van der Waals surface area contributed by atoms with Crippen LogP contribution in [0.5, 0.6) is 0 Å². The van der Waals surface area contributed by atoms with Gasteiger partial charge >= 0.3 is 0 Å². The number of aromatic nitrogens is 2. The Morgan fingerprint density at radius 3 is 1.07 bits per heavy atom. The van der Waals surface area contributed by atoms with E-state index in [1.165, 1.54) is 51.4 Å². The van der Waals surface area contributed by atoms with Crippen molar-refractivity contribution in [2.45, 2.75) is 117 Å². The lowest BCUT2D eigenvalue weighted by molar-refractivity contribution is -0.124. The summed E-state index contributed by atoms with van der Waals surface area (Å²) in [5.74, 6) is -0.822. The summed E-state index contributed by atoms with van der Waals surface area (Å²) in [4.78, 5) is 58.1. The monoisotopic (exact) mass is 636 g/mol. The van der Waals surface area contributed by atoms with Crippen molar-refractivity contribution >= 4 is 23.6 Å². The van der Waals surface area contributed by atoms with Crippen molar-refractivity contribution in [2.75, 3.05) is 13.1 Å². The summed E-state index contributed by atoms with van der Waals surface area (Å²) in [6.07, 6.45) is 20.0. The second-order valence-electron chi connectivity index (χ2n) is 12.7. The molecular weight excluding hydrogens is 580 g/mol. The van der Waals surface area contributed by atoms with Gasteiger partial charge in [-0.3, -0.25) is 29.1 Å². The Balaban J connectivity index is 1.42. The first-order valence-corrected chi connectivity index (χ1v) is 17.2. The number of hydrogen-bond acceptors (Lipinski definition) is 6. The maximum Gasteiger partial charge on any atom is 0.252 e. The standard InChI is InChI=1S/C36H56N6O4/c1-27(2)31(41-33(43)29-17-23-37-24-18-29)35(45)39-21-15-13-11-9-7-5-6-8-10-12-14-16-22-40-36(46)32(28(3)4)42-34(44)30-19-25-38-26-20-30/h17-20,23-28,31-32H,5-16,21-22H2,1-4H3,(H,39,45)(H,40,46)(H,41,43)(H,42,44)/t31-,32-/m0/s1. The molecule has 2 heterocycles. The minimum absolute atomic E-state index is 0.0120. The third kappa shape index (κ3) is 15.5. The molecule has 46 heavy (non-hydrogen) atoms. The number of nitrogens with zero attached hydrogens (tertiary/aromatic N) is 2. The van der Waals surface area contributed by atoms with Gasteiger partial charge in [0.25, 0.3) is 11.8 Å². The molecule has 10 heteroatoms. The highest BCUT2D eigenvalue weighted by atomic mass is 16.2. The van der Waals surface area contributed by atoms with Gasteiger partial charge in [0.05, 0.1) is 0 Å². The largest absolute Gasteiger partial charge is 0.354 e. The Morgan fingerprint density at radius 1 is 0.500 bits per heavy atom. The van der Waals surface area contributed by atoms with Gasteiger partial charge in [0.1, 0.15) is 12.1 Å². The molecule has 0 fully saturated rings. The number of carbonyl (C=O) groups excluding carboxylic acids is 4. The third-order valence-corrected chi connectivity index (χ3v) is 8.06. The maximum atomic E-state index is 12.7.